The zero-order valence-electron chi connectivity index (χ0n) is 10.9. The first kappa shape index (κ1) is 11.5. The maximum Gasteiger partial charge on any atom is 0.0403 e. The SMILES string of the molecule is CC(C)C1CCc2ccccc2N1C(C)C. The number of hydrogen-bond donors (Lipinski definition) is 0. The second-order valence-electron chi connectivity index (χ2n) is 5.48. The van der Waals surface area contributed by atoms with Gasteiger partial charge in [-0.2, -0.15) is 0 Å². The van der Waals surface area contributed by atoms with Gasteiger partial charge in [-0.05, 0) is 44.2 Å². The average molecular weight is 217 g/mol. The molecule has 0 aromatic heterocycles. The van der Waals surface area contributed by atoms with E-state index < -0.39 is 0 Å². The summed E-state index contributed by atoms with van der Waals surface area (Å²) in [5, 5.41) is 0. The second-order valence-corrected chi connectivity index (χ2v) is 5.48. The summed E-state index contributed by atoms with van der Waals surface area (Å²) in [5.74, 6) is 0.732. The van der Waals surface area contributed by atoms with Crippen LogP contribution in [0.5, 0.6) is 0 Å². The minimum absolute atomic E-state index is 0.592. The van der Waals surface area contributed by atoms with Gasteiger partial charge >= 0.3 is 0 Å². The minimum Gasteiger partial charge on any atom is -0.366 e. The van der Waals surface area contributed by atoms with Crippen LogP contribution in [-0.4, -0.2) is 12.1 Å². The van der Waals surface area contributed by atoms with Gasteiger partial charge in [-0.3, -0.25) is 0 Å². The van der Waals surface area contributed by atoms with Crippen molar-refractivity contribution in [1.29, 1.82) is 0 Å². The molecule has 0 radical (unpaired) electrons. The molecule has 0 spiro atoms. The normalized spacial score (nSPS) is 20.4. The van der Waals surface area contributed by atoms with Crippen LogP contribution in [0.4, 0.5) is 5.69 Å². The molecule has 0 aliphatic carbocycles. The zero-order valence-corrected chi connectivity index (χ0v) is 10.9. The van der Waals surface area contributed by atoms with E-state index in [1.54, 1.807) is 0 Å². The second kappa shape index (κ2) is 4.48. The number of aryl methyl sites for hydroxylation is 1. The standard InChI is InChI=1S/C15H23N/c1-11(2)14-10-9-13-7-5-6-8-15(13)16(14)12(3)4/h5-8,11-12,14H,9-10H2,1-4H3. The van der Waals surface area contributed by atoms with E-state index in [1.165, 1.54) is 24.1 Å². The van der Waals surface area contributed by atoms with Gasteiger partial charge in [-0.1, -0.05) is 32.0 Å². The molecule has 0 saturated carbocycles. The number of fused-ring (bicyclic) bond motifs is 1. The highest BCUT2D eigenvalue weighted by Gasteiger charge is 2.29. The first-order valence-corrected chi connectivity index (χ1v) is 6.47. The van der Waals surface area contributed by atoms with Crippen LogP contribution in [0, 0.1) is 5.92 Å². The maximum atomic E-state index is 2.61. The summed E-state index contributed by atoms with van der Waals surface area (Å²) in [6.45, 7) is 9.29. The third-order valence-corrected chi connectivity index (χ3v) is 3.66. The van der Waals surface area contributed by atoms with Crippen molar-refractivity contribution in [3.05, 3.63) is 29.8 Å². The first-order chi connectivity index (χ1) is 7.61. The fourth-order valence-electron chi connectivity index (χ4n) is 2.91. The van der Waals surface area contributed by atoms with Crippen molar-refractivity contribution in [2.24, 2.45) is 5.92 Å². The molecule has 1 heteroatoms. The van der Waals surface area contributed by atoms with E-state index in [0.29, 0.717) is 12.1 Å². The Labute approximate surface area is 99.5 Å². The molecule has 1 aromatic rings. The number of para-hydroxylation sites is 1. The number of rotatable bonds is 2. The maximum absolute atomic E-state index is 2.61. The van der Waals surface area contributed by atoms with E-state index in [4.69, 9.17) is 0 Å². The third-order valence-electron chi connectivity index (χ3n) is 3.66. The minimum atomic E-state index is 0.592. The fourth-order valence-corrected chi connectivity index (χ4v) is 2.91. The summed E-state index contributed by atoms with van der Waals surface area (Å²) >= 11 is 0. The van der Waals surface area contributed by atoms with Crippen molar-refractivity contribution < 1.29 is 0 Å². The Hall–Kier alpha value is -0.980. The van der Waals surface area contributed by atoms with Gasteiger partial charge in [0.25, 0.3) is 0 Å². The quantitative estimate of drug-likeness (QED) is 0.727. The van der Waals surface area contributed by atoms with Crippen molar-refractivity contribution >= 4 is 5.69 Å². The van der Waals surface area contributed by atoms with E-state index in [-0.39, 0.29) is 0 Å². The number of benzene rings is 1. The third kappa shape index (κ3) is 1.95. The van der Waals surface area contributed by atoms with E-state index in [9.17, 15) is 0 Å². The molecule has 88 valence electrons. The van der Waals surface area contributed by atoms with E-state index >= 15 is 0 Å². The van der Waals surface area contributed by atoms with Crippen molar-refractivity contribution in [2.45, 2.75) is 52.6 Å². The summed E-state index contributed by atoms with van der Waals surface area (Å²) in [6, 6.07) is 10.2. The van der Waals surface area contributed by atoms with Crippen molar-refractivity contribution in [3.8, 4) is 0 Å². The number of nitrogens with zero attached hydrogens (tertiary/aromatic N) is 1. The Morgan fingerprint density at radius 1 is 1.12 bits per heavy atom. The van der Waals surface area contributed by atoms with Gasteiger partial charge in [0.1, 0.15) is 0 Å². The zero-order chi connectivity index (χ0) is 11.7. The molecule has 1 aliphatic rings. The van der Waals surface area contributed by atoms with Gasteiger partial charge in [0, 0.05) is 17.8 Å². The number of anilines is 1. The van der Waals surface area contributed by atoms with Crippen LogP contribution in [0.2, 0.25) is 0 Å². The monoisotopic (exact) mass is 217 g/mol. The van der Waals surface area contributed by atoms with Crippen molar-refractivity contribution in [2.75, 3.05) is 4.90 Å². The molecule has 1 atom stereocenters. The Morgan fingerprint density at radius 2 is 1.81 bits per heavy atom. The molecule has 0 amide bonds. The van der Waals surface area contributed by atoms with Crippen LogP contribution in [0.3, 0.4) is 0 Å². The Bertz CT molecular complexity index is 354. The number of hydrogen-bond acceptors (Lipinski definition) is 1. The molecule has 0 N–H and O–H groups in total. The summed E-state index contributed by atoms with van der Waals surface area (Å²) in [6.07, 6.45) is 2.54. The molecule has 0 bridgehead atoms. The lowest BCUT2D eigenvalue weighted by Crippen LogP contribution is -2.46. The topological polar surface area (TPSA) is 3.24 Å². The van der Waals surface area contributed by atoms with Crippen LogP contribution in [0.25, 0.3) is 0 Å². The average Bonchev–Trinajstić information content (AvgIpc) is 2.27. The Morgan fingerprint density at radius 3 is 2.44 bits per heavy atom. The molecule has 1 nitrogen and oxygen atoms in total. The molecule has 0 saturated heterocycles. The largest absolute Gasteiger partial charge is 0.366 e. The Kier molecular flexibility index (Phi) is 3.22. The highest BCUT2D eigenvalue weighted by molar-refractivity contribution is 5.57. The Balaban J connectivity index is 2.39. The summed E-state index contributed by atoms with van der Waals surface area (Å²) < 4.78 is 0. The fraction of sp³-hybridized carbons (Fsp3) is 0.600. The van der Waals surface area contributed by atoms with E-state index in [0.717, 1.165) is 5.92 Å². The molecule has 1 heterocycles. The van der Waals surface area contributed by atoms with Gasteiger partial charge in [-0.25, -0.2) is 0 Å². The molecule has 0 fully saturated rings. The predicted octanol–water partition coefficient (Wildman–Crippen LogP) is 3.87. The molecule has 2 rings (SSSR count). The van der Waals surface area contributed by atoms with Crippen LogP contribution in [0.15, 0.2) is 24.3 Å². The summed E-state index contributed by atoms with van der Waals surface area (Å²) in [4.78, 5) is 2.61. The van der Waals surface area contributed by atoms with Gasteiger partial charge in [0.05, 0.1) is 0 Å². The first-order valence-electron chi connectivity index (χ1n) is 6.47. The van der Waals surface area contributed by atoms with Crippen molar-refractivity contribution in [3.63, 3.8) is 0 Å². The van der Waals surface area contributed by atoms with Crippen LogP contribution >= 0.6 is 0 Å². The lowest BCUT2D eigenvalue weighted by molar-refractivity contribution is 0.394. The van der Waals surface area contributed by atoms with Gasteiger partial charge < -0.3 is 4.90 Å². The van der Waals surface area contributed by atoms with Gasteiger partial charge in [0.2, 0.25) is 0 Å². The van der Waals surface area contributed by atoms with Crippen LogP contribution in [0.1, 0.15) is 39.7 Å². The van der Waals surface area contributed by atoms with Crippen LogP contribution < -0.4 is 4.90 Å². The highest BCUT2D eigenvalue weighted by Crippen LogP contribution is 2.34. The smallest absolute Gasteiger partial charge is 0.0403 e. The molecule has 16 heavy (non-hydrogen) atoms. The molecular weight excluding hydrogens is 194 g/mol. The molecule has 1 aromatic carbocycles. The summed E-state index contributed by atoms with van der Waals surface area (Å²) in [5.41, 5.74) is 2.98. The highest BCUT2D eigenvalue weighted by atomic mass is 15.2. The molecule has 1 aliphatic heterocycles. The van der Waals surface area contributed by atoms with Crippen molar-refractivity contribution in [1.82, 2.24) is 0 Å². The summed E-state index contributed by atoms with van der Waals surface area (Å²) in [7, 11) is 0. The van der Waals surface area contributed by atoms with E-state index in [2.05, 4.69) is 56.9 Å². The molecular formula is C15H23N. The lowest BCUT2D eigenvalue weighted by Gasteiger charge is -2.44. The predicted molar refractivity (Wildman–Crippen MR) is 71.0 cm³/mol. The van der Waals surface area contributed by atoms with Gasteiger partial charge in [0.15, 0.2) is 0 Å². The molecule has 1 unspecified atom stereocenters. The lowest BCUT2D eigenvalue weighted by atomic mass is 9.88. The van der Waals surface area contributed by atoms with Crippen LogP contribution in [-0.2, 0) is 6.42 Å². The van der Waals surface area contributed by atoms with E-state index in [1.807, 2.05) is 0 Å². The van der Waals surface area contributed by atoms with Gasteiger partial charge in [-0.15, -0.1) is 0 Å².